The predicted octanol–water partition coefficient (Wildman–Crippen LogP) is 2.62. The van der Waals surface area contributed by atoms with E-state index >= 15 is 0 Å². The van der Waals surface area contributed by atoms with E-state index in [1.165, 1.54) is 12.1 Å². The summed E-state index contributed by atoms with van der Waals surface area (Å²) in [6.07, 6.45) is 0. The van der Waals surface area contributed by atoms with Gasteiger partial charge in [0, 0.05) is 6.07 Å². The lowest BCUT2D eigenvalue weighted by Crippen LogP contribution is -2.16. The zero-order chi connectivity index (χ0) is 11.0. The first kappa shape index (κ1) is 10.1. The minimum absolute atomic E-state index is 0.239. The van der Waals surface area contributed by atoms with Crippen LogP contribution in [-0.4, -0.2) is 4.98 Å². The van der Waals surface area contributed by atoms with Gasteiger partial charge in [0.15, 0.2) is 5.58 Å². The number of fused-ring (bicyclic) bond motifs is 1. The van der Waals surface area contributed by atoms with Gasteiger partial charge in [0.05, 0.1) is 6.04 Å². The average molecular weight is 208 g/mol. The number of nitrogens with two attached hydrogens (primary N) is 1. The first-order chi connectivity index (χ1) is 7.08. The van der Waals surface area contributed by atoms with Crippen LogP contribution in [-0.2, 0) is 0 Å². The van der Waals surface area contributed by atoms with Crippen LogP contribution in [0.1, 0.15) is 25.8 Å². The number of nitrogens with zero attached hydrogens (tertiary/aromatic N) is 1. The van der Waals surface area contributed by atoms with E-state index in [-0.39, 0.29) is 17.8 Å². The molecule has 0 spiro atoms. The molecular formula is C11H13FN2O. The summed E-state index contributed by atoms with van der Waals surface area (Å²) in [6, 6.07) is 4.00. The molecule has 0 aliphatic rings. The molecule has 0 saturated heterocycles. The molecule has 1 aromatic carbocycles. The Hall–Kier alpha value is -1.42. The number of hydrogen-bond donors (Lipinski definition) is 1. The molecule has 2 aromatic rings. The van der Waals surface area contributed by atoms with E-state index < -0.39 is 0 Å². The summed E-state index contributed by atoms with van der Waals surface area (Å²) in [5.74, 6) is 0.383. The number of rotatable bonds is 2. The Labute approximate surface area is 87.1 Å². The molecule has 3 nitrogen and oxygen atoms in total. The van der Waals surface area contributed by atoms with Crippen LogP contribution < -0.4 is 5.73 Å². The lowest BCUT2D eigenvalue weighted by Gasteiger charge is -2.10. The SMILES string of the molecule is CC(C)[C@H](N)c1nc2cc(F)ccc2o1. The molecule has 4 heteroatoms. The lowest BCUT2D eigenvalue weighted by atomic mass is 10.1. The Balaban J connectivity index is 2.47. The zero-order valence-electron chi connectivity index (χ0n) is 8.70. The fourth-order valence-electron chi connectivity index (χ4n) is 1.35. The van der Waals surface area contributed by atoms with Gasteiger partial charge in [0.2, 0.25) is 5.89 Å². The molecule has 0 unspecified atom stereocenters. The molecule has 1 atom stereocenters. The van der Waals surface area contributed by atoms with Crippen LogP contribution in [0, 0.1) is 11.7 Å². The summed E-state index contributed by atoms with van der Waals surface area (Å²) < 4.78 is 18.3. The van der Waals surface area contributed by atoms with Crippen molar-refractivity contribution in [1.29, 1.82) is 0 Å². The third-order valence-corrected chi connectivity index (χ3v) is 2.37. The van der Waals surface area contributed by atoms with Crippen LogP contribution in [0.5, 0.6) is 0 Å². The molecule has 0 bridgehead atoms. The minimum atomic E-state index is -0.319. The van der Waals surface area contributed by atoms with Crippen molar-refractivity contribution >= 4 is 11.1 Å². The Morgan fingerprint density at radius 1 is 1.40 bits per heavy atom. The summed E-state index contributed by atoms with van der Waals surface area (Å²) in [7, 11) is 0. The van der Waals surface area contributed by atoms with E-state index in [4.69, 9.17) is 10.2 Å². The minimum Gasteiger partial charge on any atom is -0.439 e. The van der Waals surface area contributed by atoms with Gasteiger partial charge in [-0.25, -0.2) is 9.37 Å². The average Bonchev–Trinajstić information content (AvgIpc) is 2.58. The number of halogens is 1. The van der Waals surface area contributed by atoms with Crippen LogP contribution in [0.15, 0.2) is 22.6 Å². The van der Waals surface area contributed by atoms with Gasteiger partial charge in [-0.1, -0.05) is 13.8 Å². The third kappa shape index (κ3) is 1.85. The van der Waals surface area contributed by atoms with Crippen molar-refractivity contribution < 1.29 is 8.81 Å². The smallest absolute Gasteiger partial charge is 0.212 e. The number of oxazole rings is 1. The van der Waals surface area contributed by atoms with E-state index in [1.807, 2.05) is 13.8 Å². The van der Waals surface area contributed by atoms with Gasteiger partial charge in [-0.05, 0) is 18.1 Å². The van der Waals surface area contributed by atoms with E-state index in [1.54, 1.807) is 6.07 Å². The maximum Gasteiger partial charge on any atom is 0.212 e. The first-order valence-corrected chi connectivity index (χ1v) is 4.89. The second-order valence-electron chi connectivity index (χ2n) is 3.93. The molecule has 2 N–H and O–H groups in total. The molecule has 15 heavy (non-hydrogen) atoms. The van der Waals surface area contributed by atoms with Gasteiger partial charge in [-0.15, -0.1) is 0 Å². The second kappa shape index (κ2) is 3.62. The molecule has 0 fully saturated rings. The topological polar surface area (TPSA) is 52.0 Å². The summed E-state index contributed by atoms with van der Waals surface area (Å²) in [6.45, 7) is 3.97. The molecule has 0 saturated carbocycles. The molecule has 0 aliphatic carbocycles. The van der Waals surface area contributed by atoms with Crippen molar-refractivity contribution in [3.8, 4) is 0 Å². The molecule has 1 aromatic heterocycles. The van der Waals surface area contributed by atoms with Gasteiger partial charge >= 0.3 is 0 Å². The highest BCUT2D eigenvalue weighted by atomic mass is 19.1. The maximum absolute atomic E-state index is 12.9. The van der Waals surface area contributed by atoms with Gasteiger partial charge < -0.3 is 10.2 Å². The first-order valence-electron chi connectivity index (χ1n) is 4.89. The summed E-state index contributed by atoms with van der Waals surface area (Å²) >= 11 is 0. The van der Waals surface area contributed by atoms with Crippen molar-refractivity contribution in [2.24, 2.45) is 11.7 Å². The number of benzene rings is 1. The monoisotopic (exact) mass is 208 g/mol. The molecule has 0 radical (unpaired) electrons. The normalized spacial score (nSPS) is 13.7. The molecule has 80 valence electrons. The molecule has 1 heterocycles. The molecule has 0 aliphatic heterocycles. The molecule has 2 rings (SSSR count). The standard InChI is InChI=1S/C11H13FN2O/c1-6(2)10(13)11-14-8-5-7(12)3-4-9(8)15-11/h3-6,10H,13H2,1-2H3/t10-/m0/s1. The lowest BCUT2D eigenvalue weighted by molar-refractivity contribution is 0.403. The number of hydrogen-bond acceptors (Lipinski definition) is 3. The summed E-state index contributed by atoms with van der Waals surface area (Å²) in [5.41, 5.74) is 6.98. The Kier molecular flexibility index (Phi) is 2.44. The van der Waals surface area contributed by atoms with Crippen molar-refractivity contribution in [2.45, 2.75) is 19.9 Å². The molecular weight excluding hydrogens is 195 g/mol. The number of aromatic nitrogens is 1. The Morgan fingerprint density at radius 3 is 2.80 bits per heavy atom. The van der Waals surface area contributed by atoms with Gasteiger partial charge in [-0.3, -0.25) is 0 Å². The van der Waals surface area contributed by atoms with Crippen molar-refractivity contribution in [3.63, 3.8) is 0 Å². The second-order valence-corrected chi connectivity index (χ2v) is 3.93. The highest BCUT2D eigenvalue weighted by Crippen LogP contribution is 2.23. The molecule has 0 amide bonds. The fourth-order valence-corrected chi connectivity index (χ4v) is 1.35. The van der Waals surface area contributed by atoms with Crippen molar-refractivity contribution in [3.05, 3.63) is 29.9 Å². The van der Waals surface area contributed by atoms with E-state index in [9.17, 15) is 4.39 Å². The van der Waals surface area contributed by atoms with E-state index in [0.29, 0.717) is 17.0 Å². The van der Waals surface area contributed by atoms with Crippen LogP contribution in [0.4, 0.5) is 4.39 Å². The third-order valence-electron chi connectivity index (χ3n) is 2.37. The van der Waals surface area contributed by atoms with Crippen LogP contribution in [0.25, 0.3) is 11.1 Å². The predicted molar refractivity (Wildman–Crippen MR) is 55.7 cm³/mol. The van der Waals surface area contributed by atoms with Crippen LogP contribution in [0.3, 0.4) is 0 Å². The van der Waals surface area contributed by atoms with Crippen molar-refractivity contribution in [1.82, 2.24) is 4.98 Å². The van der Waals surface area contributed by atoms with E-state index in [2.05, 4.69) is 4.98 Å². The largest absolute Gasteiger partial charge is 0.439 e. The van der Waals surface area contributed by atoms with Crippen LogP contribution in [0.2, 0.25) is 0 Å². The fraction of sp³-hybridized carbons (Fsp3) is 0.364. The maximum atomic E-state index is 12.9. The van der Waals surface area contributed by atoms with Gasteiger partial charge in [-0.2, -0.15) is 0 Å². The Morgan fingerprint density at radius 2 is 2.13 bits per heavy atom. The Bertz CT molecular complexity index is 478. The van der Waals surface area contributed by atoms with E-state index in [0.717, 1.165) is 0 Å². The highest BCUT2D eigenvalue weighted by molar-refractivity contribution is 5.72. The van der Waals surface area contributed by atoms with Gasteiger partial charge in [0.25, 0.3) is 0 Å². The van der Waals surface area contributed by atoms with Crippen molar-refractivity contribution in [2.75, 3.05) is 0 Å². The quantitative estimate of drug-likeness (QED) is 0.825. The summed E-state index contributed by atoms with van der Waals surface area (Å²) in [5, 5.41) is 0. The zero-order valence-corrected chi connectivity index (χ0v) is 8.70. The van der Waals surface area contributed by atoms with Gasteiger partial charge in [0.1, 0.15) is 11.3 Å². The highest BCUT2D eigenvalue weighted by Gasteiger charge is 2.17. The summed E-state index contributed by atoms with van der Waals surface area (Å²) in [4.78, 5) is 4.16. The van der Waals surface area contributed by atoms with Crippen LogP contribution >= 0.6 is 0 Å².